The van der Waals surface area contributed by atoms with Crippen LogP contribution in [-0.2, 0) is 14.9 Å². The zero-order chi connectivity index (χ0) is 17.6. The molecule has 0 bridgehead atoms. The number of carbonyl (C=O) groups excluding carboxylic acids is 2. The lowest BCUT2D eigenvalue weighted by molar-refractivity contribution is -0.125. The van der Waals surface area contributed by atoms with E-state index in [1.807, 2.05) is 12.1 Å². The van der Waals surface area contributed by atoms with Crippen LogP contribution in [0.1, 0.15) is 75.2 Å². The Morgan fingerprint density at radius 2 is 1.62 bits per heavy atom. The maximum absolute atomic E-state index is 12.1. The highest BCUT2D eigenvalue weighted by molar-refractivity contribution is 5.91. The summed E-state index contributed by atoms with van der Waals surface area (Å²) in [5, 5.41) is 2.98. The van der Waals surface area contributed by atoms with Gasteiger partial charge in [-0.1, -0.05) is 58.6 Å². The summed E-state index contributed by atoms with van der Waals surface area (Å²) >= 11 is 0. The number of ether oxygens (including phenoxy) is 1. The maximum Gasteiger partial charge on any atom is 0.338 e. The van der Waals surface area contributed by atoms with Gasteiger partial charge in [-0.15, -0.1) is 0 Å². The Morgan fingerprint density at radius 3 is 2.17 bits per heavy atom. The van der Waals surface area contributed by atoms with Gasteiger partial charge in [0.2, 0.25) is 0 Å². The van der Waals surface area contributed by atoms with Crippen molar-refractivity contribution in [2.45, 2.75) is 70.8 Å². The molecular weight excluding hydrogens is 302 g/mol. The molecule has 1 N–H and O–H groups in total. The molecule has 0 radical (unpaired) electrons. The number of amides is 1. The van der Waals surface area contributed by atoms with Gasteiger partial charge in [-0.05, 0) is 36.0 Å². The first-order valence-corrected chi connectivity index (χ1v) is 8.93. The summed E-state index contributed by atoms with van der Waals surface area (Å²) in [6.45, 7) is 6.16. The van der Waals surface area contributed by atoms with Gasteiger partial charge in [0.25, 0.3) is 5.91 Å². The molecule has 1 aromatic rings. The van der Waals surface area contributed by atoms with Crippen molar-refractivity contribution in [1.29, 1.82) is 0 Å². The van der Waals surface area contributed by atoms with Crippen LogP contribution in [0.15, 0.2) is 24.3 Å². The molecule has 0 unspecified atom stereocenters. The van der Waals surface area contributed by atoms with Gasteiger partial charge in [0.05, 0.1) is 5.56 Å². The molecule has 0 spiro atoms. The molecule has 132 valence electrons. The van der Waals surface area contributed by atoms with E-state index in [1.54, 1.807) is 12.1 Å². The number of hydrogen-bond acceptors (Lipinski definition) is 3. The standard InChI is InChI=1S/C20H29NO3/c1-20(2,3)16-12-10-15(11-13-16)19(23)24-14-18(22)21-17-8-6-4-5-7-9-17/h10-13,17H,4-9,14H2,1-3H3,(H,21,22). The van der Waals surface area contributed by atoms with E-state index in [1.165, 1.54) is 12.8 Å². The van der Waals surface area contributed by atoms with Gasteiger partial charge < -0.3 is 10.1 Å². The van der Waals surface area contributed by atoms with E-state index >= 15 is 0 Å². The predicted molar refractivity (Wildman–Crippen MR) is 95.1 cm³/mol. The molecule has 1 amide bonds. The molecule has 0 atom stereocenters. The van der Waals surface area contributed by atoms with Gasteiger partial charge in [-0.2, -0.15) is 0 Å². The third-order valence-corrected chi connectivity index (χ3v) is 4.54. The fraction of sp³-hybridized carbons (Fsp3) is 0.600. The molecule has 1 fully saturated rings. The number of hydrogen-bond donors (Lipinski definition) is 1. The molecule has 0 aliphatic heterocycles. The highest BCUT2D eigenvalue weighted by atomic mass is 16.5. The van der Waals surface area contributed by atoms with E-state index in [0.29, 0.717) is 5.56 Å². The Kier molecular flexibility index (Phi) is 6.41. The van der Waals surface area contributed by atoms with Crippen LogP contribution in [0, 0.1) is 0 Å². The van der Waals surface area contributed by atoms with E-state index in [4.69, 9.17) is 4.74 Å². The summed E-state index contributed by atoms with van der Waals surface area (Å²) in [6, 6.07) is 7.60. The first-order valence-electron chi connectivity index (χ1n) is 8.93. The van der Waals surface area contributed by atoms with Gasteiger partial charge in [0.1, 0.15) is 0 Å². The predicted octanol–water partition coefficient (Wildman–Crippen LogP) is 3.98. The quantitative estimate of drug-likeness (QED) is 0.670. The topological polar surface area (TPSA) is 55.4 Å². The fourth-order valence-electron chi connectivity index (χ4n) is 3.01. The third kappa shape index (κ3) is 5.66. The lowest BCUT2D eigenvalue weighted by atomic mass is 9.87. The minimum absolute atomic E-state index is 0.0427. The zero-order valence-electron chi connectivity index (χ0n) is 15.1. The zero-order valence-corrected chi connectivity index (χ0v) is 15.1. The second kappa shape index (κ2) is 8.32. The Labute approximate surface area is 145 Å². The van der Waals surface area contributed by atoms with Crippen molar-refractivity contribution < 1.29 is 14.3 Å². The van der Waals surface area contributed by atoms with Gasteiger partial charge in [-0.25, -0.2) is 4.79 Å². The van der Waals surface area contributed by atoms with Gasteiger partial charge in [-0.3, -0.25) is 4.79 Å². The summed E-state index contributed by atoms with van der Waals surface area (Å²) in [6.07, 6.45) is 6.84. The Hall–Kier alpha value is -1.84. The van der Waals surface area contributed by atoms with Crippen molar-refractivity contribution in [2.75, 3.05) is 6.61 Å². The highest BCUT2D eigenvalue weighted by Crippen LogP contribution is 2.22. The van der Waals surface area contributed by atoms with Gasteiger partial charge in [0, 0.05) is 6.04 Å². The van der Waals surface area contributed by atoms with Crippen molar-refractivity contribution in [3.63, 3.8) is 0 Å². The van der Waals surface area contributed by atoms with E-state index in [-0.39, 0.29) is 24.0 Å². The van der Waals surface area contributed by atoms with Crippen LogP contribution in [0.25, 0.3) is 0 Å². The van der Waals surface area contributed by atoms with E-state index in [9.17, 15) is 9.59 Å². The molecule has 1 aliphatic carbocycles. The van der Waals surface area contributed by atoms with Crippen LogP contribution in [0.3, 0.4) is 0 Å². The summed E-state index contributed by atoms with van der Waals surface area (Å²) in [5.74, 6) is -0.659. The second-order valence-corrected chi connectivity index (χ2v) is 7.66. The molecule has 0 saturated heterocycles. The van der Waals surface area contributed by atoms with Crippen LogP contribution < -0.4 is 5.32 Å². The maximum atomic E-state index is 12.1. The summed E-state index contributed by atoms with van der Waals surface area (Å²) in [4.78, 5) is 24.0. The van der Waals surface area contributed by atoms with Crippen LogP contribution in [0.5, 0.6) is 0 Å². The highest BCUT2D eigenvalue weighted by Gasteiger charge is 2.17. The molecule has 0 heterocycles. The van der Waals surface area contributed by atoms with Crippen molar-refractivity contribution >= 4 is 11.9 Å². The van der Waals surface area contributed by atoms with Crippen molar-refractivity contribution in [2.24, 2.45) is 0 Å². The van der Waals surface area contributed by atoms with Crippen LogP contribution in [0.2, 0.25) is 0 Å². The lowest BCUT2D eigenvalue weighted by Gasteiger charge is -2.19. The van der Waals surface area contributed by atoms with Crippen LogP contribution in [-0.4, -0.2) is 24.5 Å². The Bertz CT molecular complexity index is 549. The largest absolute Gasteiger partial charge is 0.452 e. The SMILES string of the molecule is CC(C)(C)c1ccc(C(=O)OCC(=O)NC2CCCCCC2)cc1. The molecule has 4 heteroatoms. The summed E-state index contributed by atoms with van der Waals surface area (Å²) in [7, 11) is 0. The smallest absolute Gasteiger partial charge is 0.338 e. The van der Waals surface area contributed by atoms with Gasteiger partial charge >= 0.3 is 5.97 Å². The van der Waals surface area contributed by atoms with E-state index in [0.717, 1.165) is 31.2 Å². The number of nitrogens with one attached hydrogen (secondary N) is 1. The average molecular weight is 331 g/mol. The van der Waals surface area contributed by atoms with Crippen molar-refractivity contribution in [3.05, 3.63) is 35.4 Å². The Morgan fingerprint density at radius 1 is 1.04 bits per heavy atom. The molecule has 0 aromatic heterocycles. The number of carbonyl (C=O) groups is 2. The molecule has 4 nitrogen and oxygen atoms in total. The second-order valence-electron chi connectivity index (χ2n) is 7.66. The van der Waals surface area contributed by atoms with Gasteiger partial charge in [0.15, 0.2) is 6.61 Å². The molecule has 2 rings (SSSR count). The molecule has 1 saturated carbocycles. The van der Waals surface area contributed by atoms with Crippen molar-refractivity contribution in [3.8, 4) is 0 Å². The van der Waals surface area contributed by atoms with Crippen LogP contribution in [0.4, 0.5) is 0 Å². The Balaban J connectivity index is 1.80. The number of rotatable bonds is 4. The minimum atomic E-state index is -0.452. The summed E-state index contributed by atoms with van der Waals surface area (Å²) < 4.78 is 5.14. The molecule has 1 aromatic carbocycles. The number of esters is 1. The minimum Gasteiger partial charge on any atom is -0.452 e. The third-order valence-electron chi connectivity index (χ3n) is 4.54. The van der Waals surface area contributed by atoms with E-state index < -0.39 is 5.97 Å². The average Bonchev–Trinajstić information content (AvgIpc) is 2.80. The molecule has 24 heavy (non-hydrogen) atoms. The lowest BCUT2D eigenvalue weighted by Crippen LogP contribution is -2.37. The first-order chi connectivity index (χ1) is 11.4. The monoisotopic (exact) mass is 331 g/mol. The van der Waals surface area contributed by atoms with Crippen molar-refractivity contribution in [1.82, 2.24) is 5.32 Å². The number of benzene rings is 1. The molecule has 1 aliphatic rings. The first kappa shape index (κ1) is 18.5. The molecular formula is C20H29NO3. The summed E-state index contributed by atoms with van der Waals surface area (Å²) in [5.41, 5.74) is 1.68. The fourth-order valence-corrected chi connectivity index (χ4v) is 3.01. The van der Waals surface area contributed by atoms with E-state index in [2.05, 4.69) is 26.1 Å². The van der Waals surface area contributed by atoms with Crippen LogP contribution >= 0.6 is 0 Å². The normalized spacial score (nSPS) is 16.3.